The SMILES string of the molecule is CCOC(=O)Cn1c(=NC(=O)c2cc(Cl)ccc2Cl)sc2cc(OCC)ccc21. The van der Waals surface area contributed by atoms with Gasteiger partial charge in [0, 0.05) is 5.02 Å². The molecule has 0 radical (unpaired) electrons. The quantitative estimate of drug-likeness (QED) is 0.507. The molecule has 2 aromatic carbocycles. The summed E-state index contributed by atoms with van der Waals surface area (Å²) >= 11 is 13.4. The number of amides is 1. The first-order valence-corrected chi connectivity index (χ1v) is 10.5. The average molecular weight is 453 g/mol. The molecule has 3 aromatic rings. The van der Waals surface area contributed by atoms with Crippen LogP contribution in [0.2, 0.25) is 10.0 Å². The van der Waals surface area contributed by atoms with Gasteiger partial charge in [0.1, 0.15) is 12.3 Å². The van der Waals surface area contributed by atoms with E-state index in [4.69, 9.17) is 32.7 Å². The number of carbonyl (C=O) groups excluding carboxylic acids is 2. The monoisotopic (exact) mass is 452 g/mol. The van der Waals surface area contributed by atoms with Gasteiger partial charge in [-0.15, -0.1) is 0 Å². The molecule has 0 saturated heterocycles. The Labute approximate surface area is 181 Å². The van der Waals surface area contributed by atoms with E-state index in [1.165, 1.54) is 17.4 Å². The summed E-state index contributed by atoms with van der Waals surface area (Å²) in [6, 6.07) is 10.1. The summed E-state index contributed by atoms with van der Waals surface area (Å²) in [5.41, 5.74) is 0.935. The number of aromatic nitrogens is 1. The van der Waals surface area contributed by atoms with E-state index in [0.29, 0.717) is 22.2 Å². The van der Waals surface area contributed by atoms with E-state index in [1.54, 1.807) is 29.7 Å². The highest BCUT2D eigenvalue weighted by Crippen LogP contribution is 2.25. The number of halogens is 2. The van der Waals surface area contributed by atoms with Gasteiger partial charge in [0.15, 0.2) is 4.80 Å². The van der Waals surface area contributed by atoms with Crippen LogP contribution in [0.25, 0.3) is 10.2 Å². The lowest BCUT2D eigenvalue weighted by Crippen LogP contribution is -2.23. The molecule has 0 unspecified atom stereocenters. The third-order valence-electron chi connectivity index (χ3n) is 3.91. The third kappa shape index (κ3) is 4.98. The molecule has 0 aliphatic carbocycles. The van der Waals surface area contributed by atoms with Gasteiger partial charge in [0.25, 0.3) is 5.91 Å². The zero-order valence-electron chi connectivity index (χ0n) is 15.8. The number of thiazole rings is 1. The van der Waals surface area contributed by atoms with Crippen LogP contribution in [0, 0.1) is 0 Å². The number of carbonyl (C=O) groups is 2. The highest BCUT2D eigenvalue weighted by Gasteiger charge is 2.15. The normalized spacial score (nSPS) is 11.7. The molecular weight excluding hydrogens is 435 g/mol. The van der Waals surface area contributed by atoms with Crippen molar-refractivity contribution >= 4 is 56.6 Å². The van der Waals surface area contributed by atoms with Gasteiger partial charge in [0.2, 0.25) is 0 Å². The van der Waals surface area contributed by atoms with E-state index in [9.17, 15) is 9.59 Å². The summed E-state index contributed by atoms with van der Waals surface area (Å²) in [6.07, 6.45) is 0. The Kier molecular flexibility index (Phi) is 6.95. The Morgan fingerprint density at radius 3 is 2.62 bits per heavy atom. The number of hydrogen-bond acceptors (Lipinski definition) is 5. The Morgan fingerprint density at radius 2 is 1.90 bits per heavy atom. The fourth-order valence-electron chi connectivity index (χ4n) is 2.69. The smallest absolute Gasteiger partial charge is 0.326 e. The van der Waals surface area contributed by atoms with Gasteiger partial charge in [-0.1, -0.05) is 34.5 Å². The molecule has 1 amide bonds. The minimum atomic E-state index is -0.549. The molecule has 0 spiro atoms. The van der Waals surface area contributed by atoms with E-state index >= 15 is 0 Å². The van der Waals surface area contributed by atoms with Gasteiger partial charge in [-0.2, -0.15) is 4.99 Å². The van der Waals surface area contributed by atoms with Crippen molar-refractivity contribution in [2.24, 2.45) is 4.99 Å². The molecule has 6 nitrogen and oxygen atoms in total. The standard InChI is InChI=1S/C20H18Cl2N2O4S/c1-3-27-13-6-8-16-17(10-13)29-20(24(16)11-18(25)28-4-2)23-19(26)14-9-12(21)5-7-15(14)22/h5-10H,3-4,11H2,1-2H3. The van der Waals surface area contributed by atoms with Gasteiger partial charge in [0.05, 0.1) is 34.0 Å². The molecule has 1 aromatic heterocycles. The van der Waals surface area contributed by atoms with Crippen molar-refractivity contribution in [1.29, 1.82) is 0 Å². The molecular formula is C20H18Cl2N2O4S. The van der Waals surface area contributed by atoms with E-state index < -0.39 is 11.9 Å². The second kappa shape index (κ2) is 9.43. The minimum Gasteiger partial charge on any atom is -0.494 e. The minimum absolute atomic E-state index is 0.0722. The van der Waals surface area contributed by atoms with Crippen molar-refractivity contribution in [3.05, 3.63) is 56.8 Å². The largest absolute Gasteiger partial charge is 0.494 e. The molecule has 9 heteroatoms. The molecule has 152 valence electrons. The van der Waals surface area contributed by atoms with E-state index in [-0.39, 0.29) is 23.7 Å². The molecule has 1 heterocycles. The highest BCUT2D eigenvalue weighted by molar-refractivity contribution is 7.16. The van der Waals surface area contributed by atoms with Gasteiger partial charge in [-0.25, -0.2) is 0 Å². The Balaban J connectivity index is 2.13. The van der Waals surface area contributed by atoms with Crippen molar-refractivity contribution in [3.63, 3.8) is 0 Å². The molecule has 3 rings (SSSR count). The van der Waals surface area contributed by atoms with Gasteiger partial charge < -0.3 is 14.0 Å². The number of nitrogens with zero attached hydrogens (tertiary/aromatic N) is 2. The Hall–Kier alpha value is -2.35. The maximum atomic E-state index is 12.7. The molecule has 0 aliphatic heterocycles. The molecule has 0 bridgehead atoms. The molecule has 0 aliphatic rings. The predicted octanol–water partition coefficient (Wildman–Crippen LogP) is 4.71. The van der Waals surface area contributed by atoms with Crippen molar-refractivity contribution < 1.29 is 19.1 Å². The van der Waals surface area contributed by atoms with Crippen LogP contribution < -0.4 is 9.54 Å². The number of fused-ring (bicyclic) bond motifs is 1. The van der Waals surface area contributed by atoms with Gasteiger partial charge >= 0.3 is 5.97 Å². The predicted molar refractivity (Wildman–Crippen MR) is 114 cm³/mol. The zero-order chi connectivity index (χ0) is 21.0. The second-order valence-corrected chi connectivity index (χ2v) is 7.73. The third-order valence-corrected chi connectivity index (χ3v) is 5.52. The van der Waals surface area contributed by atoms with Crippen molar-refractivity contribution in [3.8, 4) is 5.75 Å². The summed E-state index contributed by atoms with van der Waals surface area (Å²) < 4.78 is 13.1. The van der Waals surface area contributed by atoms with E-state index in [1.807, 2.05) is 19.1 Å². The number of ether oxygens (including phenoxy) is 2. The first-order chi connectivity index (χ1) is 13.9. The summed E-state index contributed by atoms with van der Waals surface area (Å²) in [4.78, 5) is 29.4. The van der Waals surface area contributed by atoms with Crippen LogP contribution in [0.5, 0.6) is 5.75 Å². The summed E-state index contributed by atoms with van der Waals surface area (Å²) in [5, 5.41) is 0.630. The second-order valence-electron chi connectivity index (χ2n) is 5.88. The van der Waals surface area contributed by atoms with E-state index in [2.05, 4.69) is 4.99 Å². The van der Waals surface area contributed by atoms with Crippen molar-refractivity contribution in [2.75, 3.05) is 13.2 Å². The first kappa shape index (κ1) is 21.4. The van der Waals surface area contributed by atoms with Crippen LogP contribution in [0.15, 0.2) is 41.4 Å². The van der Waals surface area contributed by atoms with Crippen LogP contribution >= 0.6 is 34.5 Å². The fourth-order valence-corrected chi connectivity index (χ4v) is 4.12. The number of esters is 1. The van der Waals surface area contributed by atoms with Crippen LogP contribution in [-0.2, 0) is 16.1 Å². The van der Waals surface area contributed by atoms with Crippen LogP contribution in [0.1, 0.15) is 24.2 Å². The maximum Gasteiger partial charge on any atom is 0.326 e. The number of rotatable bonds is 6. The molecule has 0 atom stereocenters. The van der Waals surface area contributed by atoms with Crippen LogP contribution in [-0.4, -0.2) is 29.7 Å². The molecule has 0 saturated carbocycles. The Bertz CT molecular complexity index is 1140. The fraction of sp³-hybridized carbons (Fsp3) is 0.250. The summed E-state index contributed by atoms with van der Waals surface area (Å²) in [6.45, 7) is 4.35. The summed E-state index contributed by atoms with van der Waals surface area (Å²) in [5.74, 6) is -0.275. The maximum absolute atomic E-state index is 12.7. The van der Waals surface area contributed by atoms with Crippen LogP contribution in [0.4, 0.5) is 0 Å². The number of hydrogen-bond donors (Lipinski definition) is 0. The molecule has 0 fully saturated rings. The van der Waals surface area contributed by atoms with Crippen molar-refractivity contribution in [1.82, 2.24) is 4.57 Å². The average Bonchev–Trinajstić information content (AvgIpc) is 3.00. The topological polar surface area (TPSA) is 69.9 Å². The first-order valence-electron chi connectivity index (χ1n) is 8.88. The molecule has 29 heavy (non-hydrogen) atoms. The molecule has 0 N–H and O–H groups in total. The zero-order valence-corrected chi connectivity index (χ0v) is 18.1. The number of benzene rings is 2. The van der Waals surface area contributed by atoms with Gasteiger partial charge in [-0.05, 0) is 50.2 Å². The lowest BCUT2D eigenvalue weighted by molar-refractivity contribution is -0.143. The van der Waals surface area contributed by atoms with Crippen molar-refractivity contribution in [2.45, 2.75) is 20.4 Å². The lowest BCUT2D eigenvalue weighted by atomic mass is 10.2. The lowest BCUT2D eigenvalue weighted by Gasteiger charge is -2.06. The van der Waals surface area contributed by atoms with Gasteiger partial charge in [-0.3, -0.25) is 9.59 Å². The Morgan fingerprint density at radius 1 is 1.10 bits per heavy atom. The van der Waals surface area contributed by atoms with E-state index in [0.717, 1.165) is 10.2 Å². The van der Waals surface area contributed by atoms with Crippen LogP contribution in [0.3, 0.4) is 0 Å². The highest BCUT2D eigenvalue weighted by atomic mass is 35.5. The summed E-state index contributed by atoms with van der Waals surface area (Å²) in [7, 11) is 0.